The van der Waals surface area contributed by atoms with E-state index in [1.54, 1.807) is 0 Å². The maximum absolute atomic E-state index is 12.0. The molecule has 0 aliphatic rings. The number of allylic oxidation sites excluding steroid dienone is 2. The Labute approximate surface area is 294 Å². The molecule has 0 aromatic heterocycles. The van der Waals surface area contributed by atoms with Crippen molar-refractivity contribution < 1.29 is 37.9 Å². The summed E-state index contributed by atoms with van der Waals surface area (Å²) in [5.74, 6) is -0.521. The lowest BCUT2D eigenvalue weighted by Crippen LogP contribution is -2.27. The molecular formula is C38H74NO8P. The summed E-state index contributed by atoms with van der Waals surface area (Å²) in [4.78, 5) is 33.7. The Morgan fingerprint density at radius 1 is 0.625 bits per heavy atom. The molecule has 0 heterocycles. The van der Waals surface area contributed by atoms with Gasteiger partial charge >= 0.3 is 13.8 Å². The number of carbonyl (C=O) groups excluding carboxylic acids is 2. The van der Waals surface area contributed by atoms with Crippen LogP contribution < -0.4 is 5.32 Å². The third-order valence-corrected chi connectivity index (χ3v) is 9.43. The largest absolute Gasteiger partial charge is 0.472 e. The smallest absolute Gasteiger partial charge is 0.463 e. The summed E-state index contributed by atoms with van der Waals surface area (Å²) in [6.07, 6.45) is 34.3. The molecule has 3 N–H and O–H groups in total. The fourth-order valence-electron chi connectivity index (χ4n) is 5.42. The molecular weight excluding hydrogens is 629 g/mol. The van der Waals surface area contributed by atoms with Crippen LogP contribution in [0.4, 0.5) is 0 Å². The molecule has 284 valence electrons. The molecule has 0 aromatic carbocycles. The van der Waals surface area contributed by atoms with Crippen LogP contribution in [-0.4, -0.2) is 54.3 Å². The summed E-state index contributed by atoms with van der Waals surface area (Å²) in [5.41, 5.74) is 0. The Bertz CT molecular complexity index is 810. The van der Waals surface area contributed by atoms with Crippen molar-refractivity contribution in [1.29, 1.82) is 0 Å². The van der Waals surface area contributed by atoms with Gasteiger partial charge in [0.15, 0.2) is 0 Å². The first kappa shape index (κ1) is 46.8. The topological polar surface area (TPSA) is 131 Å². The van der Waals surface area contributed by atoms with Gasteiger partial charge in [-0.05, 0) is 32.1 Å². The number of phosphoric ester groups is 1. The van der Waals surface area contributed by atoms with E-state index in [1.165, 1.54) is 96.3 Å². The molecule has 0 bridgehead atoms. The molecule has 0 fully saturated rings. The summed E-state index contributed by atoms with van der Waals surface area (Å²) < 4.78 is 26.7. The zero-order valence-electron chi connectivity index (χ0n) is 30.9. The highest BCUT2D eigenvalue weighted by Crippen LogP contribution is 2.42. The molecule has 0 aromatic rings. The number of nitrogens with one attached hydrogen (secondary N) is 1. The molecule has 0 radical (unpaired) electrons. The fraction of sp³-hybridized carbons (Fsp3) is 0.895. The number of rotatable bonds is 37. The number of ether oxygens (including phenoxy) is 1. The van der Waals surface area contributed by atoms with Gasteiger partial charge in [0.1, 0.15) is 12.7 Å². The van der Waals surface area contributed by atoms with Crippen molar-refractivity contribution >= 4 is 19.7 Å². The first-order valence-corrected chi connectivity index (χ1v) is 21.2. The number of hydrogen-bond acceptors (Lipinski definition) is 7. The van der Waals surface area contributed by atoms with Crippen molar-refractivity contribution in [3.8, 4) is 0 Å². The van der Waals surface area contributed by atoms with Crippen LogP contribution in [0, 0.1) is 0 Å². The van der Waals surface area contributed by atoms with Crippen molar-refractivity contribution in [2.75, 3.05) is 26.4 Å². The van der Waals surface area contributed by atoms with Crippen molar-refractivity contribution in [2.24, 2.45) is 0 Å². The van der Waals surface area contributed by atoms with Gasteiger partial charge in [0.25, 0.3) is 0 Å². The SMILES string of the molecule is CCCC/C=C\CCCCCCCC(=O)OCC(O)COP(=O)(O)OCCNC(=O)CCCCCCCCCCCCCCCCCC. The van der Waals surface area contributed by atoms with E-state index in [9.17, 15) is 24.2 Å². The number of unbranched alkanes of at least 4 members (excludes halogenated alkanes) is 22. The molecule has 0 rings (SSSR count). The van der Waals surface area contributed by atoms with E-state index in [0.29, 0.717) is 6.42 Å². The zero-order chi connectivity index (χ0) is 35.4. The van der Waals surface area contributed by atoms with E-state index >= 15 is 0 Å². The Morgan fingerprint density at radius 3 is 1.62 bits per heavy atom. The van der Waals surface area contributed by atoms with E-state index in [2.05, 4.69) is 31.3 Å². The minimum Gasteiger partial charge on any atom is -0.463 e. The minimum absolute atomic E-state index is 0.0852. The molecule has 0 aliphatic heterocycles. The summed E-state index contributed by atoms with van der Waals surface area (Å²) in [6.45, 7) is 3.51. The third kappa shape index (κ3) is 36.0. The van der Waals surface area contributed by atoms with Crippen molar-refractivity contribution in [1.82, 2.24) is 5.32 Å². The predicted molar refractivity (Wildman–Crippen MR) is 197 cm³/mol. The van der Waals surface area contributed by atoms with Gasteiger partial charge in [-0.1, -0.05) is 154 Å². The average Bonchev–Trinajstić information content (AvgIpc) is 3.07. The average molecular weight is 704 g/mol. The van der Waals surface area contributed by atoms with Crippen LogP contribution in [0.1, 0.15) is 187 Å². The molecule has 2 unspecified atom stereocenters. The van der Waals surface area contributed by atoms with Crippen LogP contribution >= 0.6 is 7.82 Å². The summed E-state index contributed by atoms with van der Waals surface area (Å²) in [7, 11) is -4.41. The lowest BCUT2D eigenvalue weighted by molar-refractivity contribution is -0.147. The maximum Gasteiger partial charge on any atom is 0.472 e. The predicted octanol–water partition coefficient (Wildman–Crippen LogP) is 10.3. The first-order valence-electron chi connectivity index (χ1n) is 19.7. The Hall–Kier alpha value is -1.25. The fourth-order valence-corrected chi connectivity index (χ4v) is 6.18. The van der Waals surface area contributed by atoms with E-state index in [0.717, 1.165) is 64.2 Å². The second-order valence-electron chi connectivity index (χ2n) is 13.3. The van der Waals surface area contributed by atoms with Crippen LogP contribution in [0.15, 0.2) is 12.2 Å². The summed E-state index contributed by atoms with van der Waals surface area (Å²) in [6, 6.07) is 0. The molecule has 48 heavy (non-hydrogen) atoms. The first-order chi connectivity index (χ1) is 23.3. The van der Waals surface area contributed by atoms with Gasteiger partial charge in [0.2, 0.25) is 5.91 Å². The number of aliphatic hydroxyl groups excluding tert-OH is 1. The van der Waals surface area contributed by atoms with E-state index in [-0.39, 0.29) is 32.1 Å². The Kier molecular flexibility index (Phi) is 34.6. The lowest BCUT2D eigenvalue weighted by Gasteiger charge is -2.15. The van der Waals surface area contributed by atoms with Crippen LogP contribution in [0.2, 0.25) is 0 Å². The second kappa shape index (κ2) is 35.6. The van der Waals surface area contributed by atoms with E-state index in [4.69, 9.17) is 13.8 Å². The van der Waals surface area contributed by atoms with Gasteiger partial charge in [0, 0.05) is 19.4 Å². The van der Waals surface area contributed by atoms with Crippen LogP contribution in [0.25, 0.3) is 0 Å². The van der Waals surface area contributed by atoms with Crippen LogP contribution in [-0.2, 0) is 27.9 Å². The monoisotopic (exact) mass is 704 g/mol. The normalized spacial score (nSPS) is 13.5. The van der Waals surface area contributed by atoms with Gasteiger partial charge in [-0.3, -0.25) is 18.6 Å². The number of phosphoric acid groups is 1. The minimum atomic E-state index is -4.41. The standard InChI is InChI=1S/C38H74NO8P/c1-3-5-7-9-11-13-15-16-17-18-19-21-22-24-26-28-30-37(41)39-32-33-46-48(43,44)47-35-36(40)34-45-38(42)31-29-27-25-23-20-14-12-10-8-6-4-2/h10,12,36,40H,3-9,11,13-35H2,1-2H3,(H,39,41)(H,43,44)/b12-10-. The highest BCUT2D eigenvalue weighted by Gasteiger charge is 2.23. The molecule has 0 aliphatic carbocycles. The quantitative estimate of drug-likeness (QED) is 0.0252. The number of esters is 1. The number of hydrogen-bond donors (Lipinski definition) is 3. The Morgan fingerprint density at radius 2 is 1.08 bits per heavy atom. The molecule has 2 atom stereocenters. The van der Waals surface area contributed by atoms with Crippen molar-refractivity contribution in [3.05, 3.63) is 12.2 Å². The van der Waals surface area contributed by atoms with Gasteiger partial charge in [-0.2, -0.15) is 0 Å². The number of aliphatic hydroxyl groups is 1. The highest BCUT2D eigenvalue weighted by atomic mass is 31.2. The van der Waals surface area contributed by atoms with Crippen LogP contribution in [0.5, 0.6) is 0 Å². The van der Waals surface area contributed by atoms with Crippen LogP contribution in [0.3, 0.4) is 0 Å². The van der Waals surface area contributed by atoms with Crippen molar-refractivity contribution in [2.45, 2.75) is 193 Å². The molecule has 0 saturated carbocycles. The molecule has 0 saturated heterocycles. The number of carbonyl (C=O) groups is 2. The Balaban J connectivity index is 3.59. The maximum atomic E-state index is 12.0. The zero-order valence-corrected chi connectivity index (χ0v) is 31.8. The molecule has 10 heteroatoms. The second-order valence-corrected chi connectivity index (χ2v) is 14.7. The molecule has 9 nitrogen and oxygen atoms in total. The number of amides is 1. The van der Waals surface area contributed by atoms with Gasteiger partial charge in [-0.15, -0.1) is 0 Å². The summed E-state index contributed by atoms with van der Waals surface area (Å²) in [5, 5.41) is 12.6. The summed E-state index contributed by atoms with van der Waals surface area (Å²) >= 11 is 0. The third-order valence-electron chi connectivity index (χ3n) is 8.45. The van der Waals surface area contributed by atoms with Crippen molar-refractivity contribution in [3.63, 3.8) is 0 Å². The van der Waals surface area contributed by atoms with E-state index in [1.807, 2.05) is 0 Å². The molecule has 1 amide bonds. The van der Waals surface area contributed by atoms with E-state index < -0.39 is 26.5 Å². The van der Waals surface area contributed by atoms with Gasteiger partial charge in [0.05, 0.1) is 13.2 Å². The highest BCUT2D eigenvalue weighted by molar-refractivity contribution is 7.47. The van der Waals surface area contributed by atoms with Gasteiger partial charge in [-0.25, -0.2) is 4.57 Å². The molecule has 0 spiro atoms. The van der Waals surface area contributed by atoms with Gasteiger partial charge < -0.3 is 20.1 Å². The lowest BCUT2D eigenvalue weighted by atomic mass is 10.0.